The van der Waals surface area contributed by atoms with Crippen molar-refractivity contribution in [2.75, 3.05) is 25.6 Å². The Hall–Kier alpha value is -1.63. The Bertz CT molecular complexity index is 489. The largest absolute Gasteiger partial charge is 0.385 e. The van der Waals surface area contributed by atoms with Gasteiger partial charge in [-0.15, -0.1) is 5.10 Å². The molecule has 1 aromatic heterocycles. The molecule has 0 aromatic carbocycles. The monoisotopic (exact) mass is 240 g/mol. The summed E-state index contributed by atoms with van der Waals surface area (Å²) in [6.07, 6.45) is 3.23. The zero-order chi connectivity index (χ0) is 12.3. The Morgan fingerprint density at radius 1 is 1.47 bits per heavy atom. The second kappa shape index (κ2) is 4.70. The summed E-state index contributed by atoms with van der Waals surface area (Å²) in [5, 5.41) is 8.83. The van der Waals surface area contributed by atoms with Crippen molar-refractivity contribution in [3.05, 3.63) is 20.8 Å². The van der Waals surface area contributed by atoms with E-state index >= 15 is 0 Å². The second-order valence-electron chi connectivity index (χ2n) is 4.45. The standard InChI is InChI=1S/C10H16N4O3/c1-17-5-4-10(2-3-10)6-11-7-8(15)12-9(16)14-13-7/h2-6H2,1H3,(H,11,13)(H2,12,14,15,16). The van der Waals surface area contributed by atoms with E-state index in [2.05, 4.69) is 20.5 Å². The van der Waals surface area contributed by atoms with Crippen molar-refractivity contribution >= 4 is 5.82 Å². The van der Waals surface area contributed by atoms with Gasteiger partial charge in [0.2, 0.25) is 5.82 Å². The third-order valence-corrected chi connectivity index (χ3v) is 3.14. The molecule has 0 aliphatic heterocycles. The van der Waals surface area contributed by atoms with Gasteiger partial charge in [-0.1, -0.05) is 0 Å². The van der Waals surface area contributed by atoms with E-state index in [9.17, 15) is 9.59 Å². The number of rotatable bonds is 6. The first-order chi connectivity index (χ1) is 8.15. The van der Waals surface area contributed by atoms with Crippen LogP contribution in [-0.4, -0.2) is 35.4 Å². The van der Waals surface area contributed by atoms with E-state index in [1.165, 1.54) is 0 Å². The highest BCUT2D eigenvalue weighted by Gasteiger charge is 2.41. The van der Waals surface area contributed by atoms with Gasteiger partial charge in [0.25, 0.3) is 5.56 Å². The fraction of sp³-hybridized carbons (Fsp3) is 0.700. The summed E-state index contributed by atoms with van der Waals surface area (Å²) in [6.45, 7) is 1.40. The average molecular weight is 240 g/mol. The smallest absolute Gasteiger partial charge is 0.342 e. The van der Waals surface area contributed by atoms with Crippen molar-refractivity contribution in [1.29, 1.82) is 0 Å². The molecule has 3 N–H and O–H groups in total. The number of anilines is 1. The number of H-pyrrole nitrogens is 2. The van der Waals surface area contributed by atoms with Gasteiger partial charge in [-0.25, -0.2) is 9.89 Å². The Labute approximate surface area is 97.6 Å². The third kappa shape index (κ3) is 2.94. The van der Waals surface area contributed by atoms with Crippen LogP contribution >= 0.6 is 0 Å². The van der Waals surface area contributed by atoms with E-state index in [-0.39, 0.29) is 11.2 Å². The van der Waals surface area contributed by atoms with Crippen LogP contribution in [0.5, 0.6) is 0 Å². The van der Waals surface area contributed by atoms with Gasteiger partial charge in [-0.2, -0.15) is 0 Å². The molecule has 0 unspecified atom stereocenters. The van der Waals surface area contributed by atoms with Gasteiger partial charge in [0.15, 0.2) is 0 Å². The van der Waals surface area contributed by atoms with E-state index in [1.807, 2.05) is 0 Å². The maximum atomic E-state index is 11.4. The van der Waals surface area contributed by atoms with E-state index in [4.69, 9.17) is 4.74 Å². The Morgan fingerprint density at radius 3 is 2.82 bits per heavy atom. The lowest BCUT2D eigenvalue weighted by molar-refractivity contribution is 0.175. The maximum Gasteiger partial charge on any atom is 0.342 e. The lowest BCUT2D eigenvalue weighted by atomic mass is 10.0. The summed E-state index contributed by atoms with van der Waals surface area (Å²) in [7, 11) is 1.68. The summed E-state index contributed by atoms with van der Waals surface area (Å²) in [5.74, 6) is 0.160. The molecule has 94 valence electrons. The zero-order valence-electron chi connectivity index (χ0n) is 9.71. The summed E-state index contributed by atoms with van der Waals surface area (Å²) < 4.78 is 5.05. The van der Waals surface area contributed by atoms with Crippen molar-refractivity contribution < 1.29 is 4.74 Å². The number of nitrogens with one attached hydrogen (secondary N) is 3. The molecule has 0 atom stereocenters. The summed E-state index contributed by atoms with van der Waals surface area (Å²) in [5.41, 5.74) is -0.863. The van der Waals surface area contributed by atoms with Crippen LogP contribution in [-0.2, 0) is 4.74 Å². The van der Waals surface area contributed by atoms with E-state index in [1.54, 1.807) is 7.11 Å². The van der Waals surface area contributed by atoms with Crippen LogP contribution in [0.4, 0.5) is 5.82 Å². The van der Waals surface area contributed by atoms with E-state index in [0.717, 1.165) is 25.9 Å². The molecular formula is C10H16N4O3. The molecule has 2 rings (SSSR count). The first-order valence-corrected chi connectivity index (χ1v) is 5.57. The minimum absolute atomic E-state index is 0.160. The fourth-order valence-corrected chi connectivity index (χ4v) is 1.75. The van der Waals surface area contributed by atoms with Crippen molar-refractivity contribution in [1.82, 2.24) is 15.2 Å². The van der Waals surface area contributed by atoms with Crippen LogP contribution in [0.1, 0.15) is 19.3 Å². The van der Waals surface area contributed by atoms with E-state index in [0.29, 0.717) is 6.54 Å². The van der Waals surface area contributed by atoms with Gasteiger partial charge in [-0.05, 0) is 24.7 Å². The van der Waals surface area contributed by atoms with Gasteiger partial charge in [0, 0.05) is 20.3 Å². The molecule has 17 heavy (non-hydrogen) atoms. The van der Waals surface area contributed by atoms with Gasteiger partial charge in [0.05, 0.1) is 0 Å². The highest BCUT2D eigenvalue weighted by atomic mass is 16.5. The van der Waals surface area contributed by atoms with Crippen molar-refractivity contribution in [3.8, 4) is 0 Å². The van der Waals surface area contributed by atoms with Gasteiger partial charge >= 0.3 is 5.69 Å². The fourth-order valence-electron chi connectivity index (χ4n) is 1.75. The summed E-state index contributed by atoms with van der Waals surface area (Å²) in [6, 6.07) is 0. The van der Waals surface area contributed by atoms with E-state index < -0.39 is 11.2 Å². The number of methoxy groups -OCH3 is 1. The van der Waals surface area contributed by atoms with Crippen LogP contribution in [0.25, 0.3) is 0 Å². The lowest BCUT2D eigenvalue weighted by Crippen LogP contribution is -2.29. The number of nitrogens with zero attached hydrogens (tertiary/aromatic N) is 1. The van der Waals surface area contributed by atoms with Crippen LogP contribution in [0.3, 0.4) is 0 Å². The van der Waals surface area contributed by atoms with Crippen LogP contribution in [0.15, 0.2) is 9.59 Å². The molecule has 0 radical (unpaired) electrons. The van der Waals surface area contributed by atoms with Gasteiger partial charge in [-0.3, -0.25) is 9.78 Å². The van der Waals surface area contributed by atoms with Gasteiger partial charge in [0.1, 0.15) is 0 Å². The molecule has 1 fully saturated rings. The Morgan fingerprint density at radius 2 is 2.24 bits per heavy atom. The predicted octanol–water partition coefficient (Wildman–Crippen LogP) is -0.313. The minimum Gasteiger partial charge on any atom is -0.385 e. The first-order valence-electron chi connectivity index (χ1n) is 5.57. The molecule has 1 heterocycles. The number of aromatic nitrogens is 3. The molecule has 1 aliphatic carbocycles. The highest BCUT2D eigenvalue weighted by Crippen LogP contribution is 2.48. The number of hydrogen-bond acceptors (Lipinski definition) is 5. The van der Waals surface area contributed by atoms with Crippen molar-refractivity contribution in [2.45, 2.75) is 19.3 Å². The molecule has 0 bridgehead atoms. The van der Waals surface area contributed by atoms with Crippen LogP contribution < -0.4 is 16.6 Å². The molecule has 0 amide bonds. The first kappa shape index (κ1) is 11.8. The second-order valence-corrected chi connectivity index (χ2v) is 4.45. The molecule has 1 aromatic rings. The van der Waals surface area contributed by atoms with Gasteiger partial charge < -0.3 is 10.1 Å². The lowest BCUT2D eigenvalue weighted by Gasteiger charge is -2.14. The predicted molar refractivity (Wildman–Crippen MR) is 62.1 cm³/mol. The number of hydrogen-bond donors (Lipinski definition) is 3. The molecule has 0 saturated heterocycles. The molecular weight excluding hydrogens is 224 g/mol. The van der Waals surface area contributed by atoms with Crippen molar-refractivity contribution in [2.24, 2.45) is 5.41 Å². The zero-order valence-corrected chi connectivity index (χ0v) is 9.71. The molecule has 7 heteroatoms. The molecule has 0 spiro atoms. The number of ether oxygens (including phenoxy) is 1. The maximum absolute atomic E-state index is 11.4. The quantitative estimate of drug-likeness (QED) is 0.633. The highest BCUT2D eigenvalue weighted by molar-refractivity contribution is 5.29. The molecule has 1 aliphatic rings. The molecule has 7 nitrogen and oxygen atoms in total. The third-order valence-electron chi connectivity index (χ3n) is 3.14. The van der Waals surface area contributed by atoms with Crippen LogP contribution in [0, 0.1) is 5.41 Å². The Balaban J connectivity index is 1.94. The Kier molecular flexibility index (Phi) is 3.28. The summed E-state index contributed by atoms with van der Waals surface area (Å²) >= 11 is 0. The average Bonchev–Trinajstić information content (AvgIpc) is 3.06. The summed E-state index contributed by atoms with van der Waals surface area (Å²) in [4.78, 5) is 24.3. The van der Waals surface area contributed by atoms with Crippen LogP contribution in [0.2, 0.25) is 0 Å². The SMILES string of the molecule is COCCC1(CNc2n[nH]c(=O)[nH]c2=O)CC1. The normalized spacial score (nSPS) is 16.8. The van der Waals surface area contributed by atoms with Crippen molar-refractivity contribution in [3.63, 3.8) is 0 Å². The topological polar surface area (TPSA) is 99.9 Å². The number of aromatic amines is 2. The minimum atomic E-state index is -0.596. The molecule has 1 saturated carbocycles.